The van der Waals surface area contributed by atoms with Crippen molar-refractivity contribution >= 4 is 0 Å². The van der Waals surface area contributed by atoms with E-state index in [4.69, 9.17) is 5.73 Å². The second-order valence-electron chi connectivity index (χ2n) is 6.91. The summed E-state index contributed by atoms with van der Waals surface area (Å²) in [4.78, 5) is 0. The lowest BCUT2D eigenvalue weighted by molar-refractivity contribution is 0.530. The lowest BCUT2D eigenvalue weighted by Gasteiger charge is -2.03. The van der Waals surface area contributed by atoms with Gasteiger partial charge in [0.25, 0.3) is 0 Å². The minimum absolute atomic E-state index is 1.20. The minimum atomic E-state index is 1.20. The molecule has 0 aliphatic carbocycles. The van der Waals surface area contributed by atoms with Crippen LogP contribution in [0.5, 0.6) is 0 Å². The van der Waals surface area contributed by atoms with E-state index in [-0.39, 0.29) is 0 Å². The summed E-state index contributed by atoms with van der Waals surface area (Å²) in [6, 6.07) is 0. The Morgan fingerprint density at radius 2 is 0.913 bits per heavy atom. The van der Waals surface area contributed by atoms with Crippen LogP contribution < -0.4 is 5.73 Å². The van der Waals surface area contributed by atoms with Gasteiger partial charge in [0.2, 0.25) is 0 Å². The molecule has 0 spiro atoms. The molecular weight excluding hydrogens is 278 g/mol. The van der Waals surface area contributed by atoms with E-state index in [1.807, 2.05) is 12.2 Å². The fourth-order valence-electron chi connectivity index (χ4n) is 3.05. The molecule has 1 nitrogen and oxygen atoms in total. The van der Waals surface area contributed by atoms with Crippen LogP contribution >= 0.6 is 0 Å². The Hall–Kier alpha value is -0.720. The summed E-state index contributed by atoms with van der Waals surface area (Å²) in [7, 11) is 0. The van der Waals surface area contributed by atoms with Gasteiger partial charge >= 0.3 is 0 Å². The third-order valence-corrected chi connectivity index (χ3v) is 4.58. The molecule has 0 saturated heterocycles. The van der Waals surface area contributed by atoms with Gasteiger partial charge in [-0.05, 0) is 25.1 Å². The Morgan fingerprint density at radius 1 is 0.522 bits per heavy atom. The van der Waals surface area contributed by atoms with Crippen molar-refractivity contribution in [1.29, 1.82) is 0 Å². The Balaban J connectivity index is 3.00. The Labute approximate surface area is 146 Å². The third kappa shape index (κ3) is 21.3. The van der Waals surface area contributed by atoms with Crippen molar-refractivity contribution in [2.75, 3.05) is 0 Å². The SMILES string of the molecule is CCCCCCCCCCCCCCCCCCC=CC=CN. The Morgan fingerprint density at radius 3 is 1.30 bits per heavy atom. The van der Waals surface area contributed by atoms with Crippen molar-refractivity contribution in [3.8, 4) is 0 Å². The van der Waals surface area contributed by atoms with E-state index in [2.05, 4.69) is 13.0 Å². The average Bonchev–Trinajstić information content (AvgIpc) is 2.57. The molecule has 0 aromatic rings. The largest absolute Gasteiger partial charge is 0.405 e. The maximum absolute atomic E-state index is 5.27. The summed E-state index contributed by atoms with van der Waals surface area (Å²) in [5.74, 6) is 0. The Kier molecular flexibility index (Phi) is 20.6. The first-order chi connectivity index (χ1) is 11.4. The molecule has 2 N–H and O–H groups in total. The van der Waals surface area contributed by atoms with Gasteiger partial charge in [0.1, 0.15) is 0 Å². The zero-order chi connectivity index (χ0) is 16.8. The first-order valence-corrected chi connectivity index (χ1v) is 10.4. The molecule has 0 bridgehead atoms. The van der Waals surface area contributed by atoms with Crippen LogP contribution in [0.25, 0.3) is 0 Å². The van der Waals surface area contributed by atoms with Gasteiger partial charge in [-0.1, -0.05) is 115 Å². The summed E-state index contributed by atoms with van der Waals surface area (Å²) < 4.78 is 0. The summed E-state index contributed by atoms with van der Waals surface area (Å²) in [5, 5.41) is 0. The van der Waals surface area contributed by atoms with Gasteiger partial charge in [-0.2, -0.15) is 0 Å². The monoisotopic (exact) mass is 321 g/mol. The van der Waals surface area contributed by atoms with Crippen LogP contribution in [-0.2, 0) is 0 Å². The predicted octanol–water partition coefficient (Wildman–Crippen LogP) is 7.67. The summed E-state index contributed by atoms with van der Waals surface area (Å²) >= 11 is 0. The van der Waals surface area contributed by atoms with Crippen LogP contribution in [0.2, 0.25) is 0 Å². The number of nitrogens with two attached hydrogens (primary N) is 1. The molecule has 23 heavy (non-hydrogen) atoms. The molecule has 136 valence electrons. The second-order valence-corrected chi connectivity index (χ2v) is 6.91. The molecule has 0 radical (unpaired) electrons. The minimum Gasteiger partial charge on any atom is -0.405 e. The molecule has 0 aromatic heterocycles. The normalized spacial score (nSPS) is 11.9. The fourth-order valence-corrected chi connectivity index (χ4v) is 3.05. The Bertz CT molecular complexity index is 255. The summed E-state index contributed by atoms with van der Waals surface area (Å²) in [5.41, 5.74) is 5.27. The molecule has 1 heteroatoms. The third-order valence-electron chi connectivity index (χ3n) is 4.58. The molecule has 0 atom stereocenters. The predicted molar refractivity (Wildman–Crippen MR) is 107 cm³/mol. The van der Waals surface area contributed by atoms with Gasteiger partial charge in [-0.25, -0.2) is 0 Å². The van der Waals surface area contributed by atoms with Crippen LogP contribution in [0, 0.1) is 0 Å². The summed E-state index contributed by atoms with van der Waals surface area (Å²) in [6.07, 6.45) is 31.9. The first-order valence-electron chi connectivity index (χ1n) is 10.4. The molecule has 0 rings (SSSR count). The zero-order valence-electron chi connectivity index (χ0n) is 15.9. The highest BCUT2D eigenvalue weighted by Crippen LogP contribution is 2.14. The second kappa shape index (κ2) is 21.3. The van der Waals surface area contributed by atoms with Gasteiger partial charge in [0, 0.05) is 0 Å². The quantitative estimate of drug-likeness (QED) is 0.203. The van der Waals surface area contributed by atoms with E-state index in [1.165, 1.54) is 109 Å². The lowest BCUT2D eigenvalue weighted by atomic mass is 10.0. The number of allylic oxidation sites excluding steroid dienone is 3. The van der Waals surface area contributed by atoms with Crippen molar-refractivity contribution in [3.63, 3.8) is 0 Å². The van der Waals surface area contributed by atoms with Crippen molar-refractivity contribution < 1.29 is 0 Å². The van der Waals surface area contributed by atoms with Crippen LogP contribution in [0.4, 0.5) is 0 Å². The van der Waals surface area contributed by atoms with E-state index in [1.54, 1.807) is 6.20 Å². The van der Waals surface area contributed by atoms with E-state index >= 15 is 0 Å². The number of unbranched alkanes of at least 4 members (excludes halogenated alkanes) is 16. The lowest BCUT2D eigenvalue weighted by Crippen LogP contribution is -1.83. The molecule has 0 heterocycles. The fraction of sp³-hybridized carbons (Fsp3) is 0.818. The van der Waals surface area contributed by atoms with Crippen molar-refractivity contribution in [2.24, 2.45) is 5.73 Å². The molecule has 0 saturated carbocycles. The van der Waals surface area contributed by atoms with E-state index in [0.29, 0.717) is 0 Å². The van der Waals surface area contributed by atoms with E-state index < -0.39 is 0 Å². The van der Waals surface area contributed by atoms with Crippen molar-refractivity contribution in [3.05, 3.63) is 24.4 Å². The smallest absolute Gasteiger partial charge is 0.00625 e. The number of hydrogen-bond acceptors (Lipinski definition) is 1. The standard InChI is InChI=1S/C22H43N/c1-2-3-4-5-6-7-8-9-10-11-12-13-14-15-16-17-18-19-20-21-22-23/h19-22H,2-18,23H2,1H3. The van der Waals surface area contributed by atoms with Gasteiger partial charge in [-0.15, -0.1) is 0 Å². The van der Waals surface area contributed by atoms with Crippen LogP contribution in [0.1, 0.15) is 116 Å². The molecule has 0 unspecified atom stereocenters. The average molecular weight is 322 g/mol. The van der Waals surface area contributed by atoms with Crippen LogP contribution in [-0.4, -0.2) is 0 Å². The first kappa shape index (κ1) is 22.3. The van der Waals surface area contributed by atoms with Crippen molar-refractivity contribution in [2.45, 2.75) is 116 Å². The molecule has 0 aromatic carbocycles. The number of rotatable bonds is 18. The molecule has 0 fully saturated rings. The van der Waals surface area contributed by atoms with Gasteiger partial charge < -0.3 is 5.73 Å². The molecule has 0 aliphatic heterocycles. The maximum Gasteiger partial charge on any atom is -0.00625 e. The number of hydrogen-bond donors (Lipinski definition) is 1. The zero-order valence-corrected chi connectivity index (χ0v) is 15.9. The highest BCUT2D eigenvalue weighted by Gasteiger charge is 1.94. The topological polar surface area (TPSA) is 26.0 Å². The van der Waals surface area contributed by atoms with Gasteiger partial charge in [0.15, 0.2) is 0 Å². The van der Waals surface area contributed by atoms with E-state index in [0.717, 1.165) is 0 Å². The van der Waals surface area contributed by atoms with Gasteiger partial charge in [-0.3, -0.25) is 0 Å². The molecular formula is C22H43N. The molecule has 0 amide bonds. The van der Waals surface area contributed by atoms with E-state index in [9.17, 15) is 0 Å². The highest BCUT2D eigenvalue weighted by molar-refractivity contribution is 5.00. The van der Waals surface area contributed by atoms with Crippen molar-refractivity contribution in [1.82, 2.24) is 0 Å². The summed E-state index contributed by atoms with van der Waals surface area (Å²) in [6.45, 7) is 2.29. The molecule has 0 aliphatic rings. The highest BCUT2D eigenvalue weighted by atomic mass is 14.5. The maximum atomic E-state index is 5.27. The van der Waals surface area contributed by atoms with Crippen LogP contribution in [0.15, 0.2) is 24.4 Å². The van der Waals surface area contributed by atoms with Gasteiger partial charge in [0.05, 0.1) is 0 Å². The van der Waals surface area contributed by atoms with Crippen LogP contribution in [0.3, 0.4) is 0 Å².